The molecule has 0 radical (unpaired) electrons. The van der Waals surface area contributed by atoms with Crippen LogP contribution in [-0.4, -0.2) is 48.5 Å². The van der Waals surface area contributed by atoms with Gasteiger partial charge in [0, 0.05) is 5.92 Å². The molecular weight excluding hydrogens is 462 g/mol. The standard InChI is InChI=1S/C24H39N3O4S.ClH/c1-4-5-8-20(22(28)16-32-15-19-7-6-13-31-19)26-24(30)21(14-17(2)3)27-23(29)18-9-11-25-12-10-18;/h6-7,13,17-18,20-21,25H,4-5,8-12,14-16H2,1-3H3,(H,26,30)(H,27,29);1H. The number of Topliss-reactive ketones (excluding diaryl/α,β-unsaturated/α-hetero) is 1. The lowest BCUT2D eigenvalue weighted by molar-refractivity contribution is -0.133. The molecule has 2 atom stereocenters. The zero-order chi connectivity index (χ0) is 23.3. The number of carbonyl (C=O) groups excluding carboxylic acids is 3. The van der Waals surface area contributed by atoms with Crippen molar-refractivity contribution >= 4 is 41.8 Å². The van der Waals surface area contributed by atoms with Gasteiger partial charge in [0.25, 0.3) is 0 Å². The summed E-state index contributed by atoms with van der Waals surface area (Å²) in [6.07, 6.45) is 6.15. The van der Waals surface area contributed by atoms with Crippen LogP contribution in [0.15, 0.2) is 22.8 Å². The molecule has 1 aromatic heterocycles. The van der Waals surface area contributed by atoms with Gasteiger partial charge in [-0.2, -0.15) is 0 Å². The van der Waals surface area contributed by atoms with E-state index in [0.717, 1.165) is 44.5 Å². The quantitative estimate of drug-likeness (QED) is 0.359. The number of carbonyl (C=O) groups is 3. The van der Waals surface area contributed by atoms with E-state index in [-0.39, 0.29) is 41.8 Å². The number of hydrogen-bond acceptors (Lipinski definition) is 6. The Balaban J connectivity index is 0.00000544. The molecule has 2 heterocycles. The van der Waals surface area contributed by atoms with Crippen molar-refractivity contribution in [2.24, 2.45) is 11.8 Å². The minimum Gasteiger partial charge on any atom is -0.468 e. The number of rotatable bonds is 14. The Kier molecular flexibility index (Phi) is 14.5. The van der Waals surface area contributed by atoms with Crippen molar-refractivity contribution in [2.75, 3.05) is 18.8 Å². The molecule has 0 spiro atoms. The summed E-state index contributed by atoms with van der Waals surface area (Å²) in [6.45, 7) is 7.77. The largest absolute Gasteiger partial charge is 0.468 e. The smallest absolute Gasteiger partial charge is 0.243 e. The van der Waals surface area contributed by atoms with Gasteiger partial charge in [-0.1, -0.05) is 33.6 Å². The van der Waals surface area contributed by atoms with E-state index >= 15 is 0 Å². The molecule has 33 heavy (non-hydrogen) atoms. The molecule has 0 bridgehead atoms. The first-order valence-electron chi connectivity index (χ1n) is 11.8. The van der Waals surface area contributed by atoms with E-state index in [1.165, 1.54) is 11.8 Å². The SMILES string of the molecule is CCCCC(NC(=O)C(CC(C)C)NC(=O)C1CCNCC1)C(=O)CSCc1ccco1.Cl. The number of ketones is 1. The minimum atomic E-state index is -0.620. The van der Waals surface area contributed by atoms with Crippen LogP contribution in [0.5, 0.6) is 0 Å². The van der Waals surface area contributed by atoms with E-state index < -0.39 is 12.1 Å². The van der Waals surface area contributed by atoms with E-state index in [4.69, 9.17) is 4.42 Å². The minimum absolute atomic E-state index is 0. The maximum atomic E-state index is 13.1. The van der Waals surface area contributed by atoms with Crippen molar-refractivity contribution in [3.63, 3.8) is 0 Å². The molecule has 0 aliphatic carbocycles. The van der Waals surface area contributed by atoms with Crippen molar-refractivity contribution in [3.05, 3.63) is 24.2 Å². The fraction of sp³-hybridized carbons (Fsp3) is 0.708. The van der Waals surface area contributed by atoms with Gasteiger partial charge in [0.2, 0.25) is 11.8 Å². The molecule has 1 aliphatic rings. The Morgan fingerprint density at radius 1 is 1.18 bits per heavy atom. The maximum Gasteiger partial charge on any atom is 0.243 e. The second-order valence-corrected chi connectivity index (χ2v) is 9.94. The first-order valence-corrected chi connectivity index (χ1v) is 13.0. The molecule has 2 unspecified atom stereocenters. The number of piperidine rings is 1. The molecule has 188 valence electrons. The molecule has 1 aromatic rings. The van der Waals surface area contributed by atoms with Crippen LogP contribution < -0.4 is 16.0 Å². The number of nitrogens with one attached hydrogen (secondary N) is 3. The van der Waals surface area contributed by atoms with E-state index in [0.29, 0.717) is 24.3 Å². The summed E-state index contributed by atoms with van der Waals surface area (Å²) in [5, 5.41) is 9.19. The maximum absolute atomic E-state index is 13.1. The van der Waals surface area contributed by atoms with Crippen molar-refractivity contribution in [1.29, 1.82) is 0 Å². The summed E-state index contributed by atoms with van der Waals surface area (Å²) in [5.74, 6) is 1.64. The second-order valence-electron chi connectivity index (χ2n) is 8.96. The van der Waals surface area contributed by atoms with Crippen molar-refractivity contribution in [3.8, 4) is 0 Å². The highest BCUT2D eigenvalue weighted by Gasteiger charge is 2.29. The van der Waals surface area contributed by atoms with Crippen molar-refractivity contribution in [2.45, 2.75) is 77.1 Å². The Labute approximate surface area is 208 Å². The molecule has 1 saturated heterocycles. The Hall–Kier alpha value is -1.51. The third-order valence-electron chi connectivity index (χ3n) is 5.67. The Bertz CT molecular complexity index is 709. The number of amides is 2. The van der Waals surface area contributed by atoms with Crippen molar-refractivity contribution in [1.82, 2.24) is 16.0 Å². The zero-order valence-corrected chi connectivity index (χ0v) is 21.7. The highest BCUT2D eigenvalue weighted by atomic mass is 35.5. The average Bonchev–Trinajstić information content (AvgIpc) is 3.29. The van der Waals surface area contributed by atoms with Crippen LogP contribution in [0.2, 0.25) is 0 Å². The summed E-state index contributed by atoms with van der Waals surface area (Å²) in [6, 6.07) is 2.56. The van der Waals surface area contributed by atoms with Crippen LogP contribution in [0.25, 0.3) is 0 Å². The normalized spacial score (nSPS) is 16.0. The van der Waals surface area contributed by atoms with Gasteiger partial charge in [-0.15, -0.1) is 24.2 Å². The topological polar surface area (TPSA) is 100 Å². The van der Waals surface area contributed by atoms with Crippen LogP contribution in [0.4, 0.5) is 0 Å². The van der Waals surface area contributed by atoms with Crippen LogP contribution in [0.3, 0.4) is 0 Å². The molecule has 2 amide bonds. The fourth-order valence-corrected chi connectivity index (χ4v) is 4.69. The lowest BCUT2D eigenvalue weighted by Gasteiger charge is -2.27. The molecule has 0 aromatic carbocycles. The van der Waals surface area contributed by atoms with Crippen LogP contribution >= 0.6 is 24.2 Å². The zero-order valence-electron chi connectivity index (χ0n) is 20.1. The van der Waals surface area contributed by atoms with Gasteiger partial charge >= 0.3 is 0 Å². The molecule has 9 heteroatoms. The third-order valence-corrected chi connectivity index (χ3v) is 6.65. The predicted molar refractivity (Wildman–Crippen MR) is 136 cm³/mol. The molecule has 2 rings (SSSR count). The lowest BCUT2D eigenvalue weighted by Crippen LogP contribution is -2.53. The van der Waals surface area contributed by atoms with E-state index in [2.05, 4.69) is 22.9 Å². The van der Waals surface area contributed by atoms with E-state index in [9.17, 15) is 14.4 Å². The van der Waals surface area contributed by atoms with Gasteiger partial charge in [-0.25, -0.2) is 0 Å². The number of unbranched alkanes of at least 4 members (excludes halogenated alkanes) is 1. The lowest BCUT2D eigenvalue weighted by atomic mass is 9.95. The van der Waals surface area contributed by atoms with Gasteiger partial charge < -0.3 is 20.4 Å². The first-order chi connectivity index (χ1) is 15.4. The number of thioether (sulfide) groups is 1. The Morgan fingerprint density at radius 3 is 2.52 bits per heavy atom. The summed E-state index contributed by atoms with van der Waals surface area (Å²) in [4.78, 5) is 38.7. The highest BCUT2D eigenvalue weighted by molar-refractivity contribution is 7.99. The van der Waals surface area contributed by atoms with Crippen LogP contribution in [-0.2, 0) is 20.1 Å². The molecule has 7 nitrogen and oxygen atoms in total. The van der Waals surface area contributed by atoms with Gasteiger partial charge in [-0.05, 0) is 56.8 Å². The van der Waals surface area contributed by atoms with E-state index in [1.807, 2.05) is 26.0 Å². The average molecular weight is 502 g/mol. The fourth-order valence-electron chi connectivity index (χ4n) is 3.82. The number of hydrogen-bond donors (Lipinski definition) is 3. The molecule has 3 N–H and O–H groups in total. The predicted octanol–water partition coefficient (Wildman–Crippen LogP) is 3.71. The van der Waals surface area contributed by atoms with Gasteiger partial charge in [-0.3, -0.25) is 14.4 Å². The van der Waals surface area contributed by atoms with Crippen molar-refractivity contribution < 1.29 is 18.8 Å². The first kappa shape index (κ1) is 29.5. The Morgan fingerprint density at radius 2 is 1.91 bits per heavy atom. The van der Waals surface area contributed by atoms with Crippen LogP contribution in [0, 0.1) is 11.8 Å². The molecule has 1 fully saturated rings. The second kappa shape index (κ2) is 16.2. The van der Waals surface area contributed by atoms with Gasteiger partial charge in [0.15, 0.2) is 5.78 Å². The summed E-state index contributed by atoms with van der Waals surface area (Å²) >= 11 is 1.49. The third kappa shape index (κ3) is 11.0. The monoisotopic (exact) mass is 501 g/mol. The van der Waals surface area contributed by atoms with Gasteiger partial charge in [0.05, 0.1) is 23.8 Å². The van der Waals surface area contributed by atoms with E-state index in [1.54, 1.807) is 6.26 Å². The highest BCUT2D eigenvalue weighted by Crippen LogP contribution is 2.16. The summed E-state index contributed by atoms with van der Waals surface area (Å²) < 4.78 is 5.31. The summed E-state index contributed by atoms with van der Waals surface area (Å²) in [5.41, 5.74) is 0. The van der Waals surface area contributed by atoms with Crippen LogP contribution in [0.1, 0.15) is 65.1 Å². The molecule has 1 aliphatic heterocycles. The van der Waals surface area contributed by atoms with Gasteiger partial charge in [0.1, 0.15) is 11.8 Å². The molecular formula is C24H40ClN3O4S. The number of halogens is 1. The number of furan rings is 1. The summed E-state index contributed by atoms with van der Waals surface area (Å²) in [7, 11) is 0. The molecule has 0 saturated carbocycles.